The summed E-state index contributed by atoms with van der Waals surface area (Å²) in [4.78, 5) is 23.0. The van der Waals surface area contributed by atoms with E-state index in [0.717, 1.165) is 19.3 Å². The number of ether oxygens (including phenoxy) is 1. The van der Waals surface area contributed by atoms with Crippen LogP contribution in [-0.4, -0.2) is 23.8 Å². The lowest BCUT2D eigenvalue weighted by Crippen LogP contribution is -2.46. The highest BCUT2D eigenvalue weighted by molar-refractivity contribution is 6.30. The molecule has 0 unspecified atom stereocenters. The van der Waals surface area contributed by atoms with Crippen molar-refractivity contribution in [2.75, 3.05) is 6.54 Å². The van der Waals surface area contributed by atoms with Crippen LogP contribution in [0.4, 0.5) is 0 Å². The van der Waals surface area contributed by atoms with Crippen LogP contribution in [0.2, 0.25) is 5.02 Å². The van der Waals surface area contributed by atoms with Gasteiger partial charge in [-0.3, -0.25) is 4.79 Å². The van der Waals surface area contributed by atoms with Crippen molar-refractivity contribution in [1.29, 1.82) is 0 Å². The molecule has 4 nitrogen and oxygen atoms in total. The Morgan fingerprint density at radius 1 is 1.14 bits per heavy atom. The lowest BCUT2D eigenvalue weighted by Gasteiger charge is -2.25. The van der Waals surface area contributed by atoms with Gasteiger partial charge in [0.05, 0.1) is 0 Å². The molecule has 0 heterocycles. The molecule has 5 heteroatoms. The van der Waals surface area contributed by atoms with Gasteiger partial charge in [0.2, 0.25) is 0 Å². The van der Waals surface area contributed by atoms with Crippen LogP contribution in [0, 0.1) is 0 Å². The zero-order chi connectivity index (χ0) is 16.6. The van der Waals surface area contributed by atoms with Crippen molar-refractivity contribution in [3.63, 3.8) is 0 Å². The Hall–Kier alpha value is -1.55. The fourth-order valence-electron chi connectivity index (χ4n) is 1.93. The summed E-state index contributed by atoms with van der Waals surface area (Å²) in [6.07, 6.45) is 3.27. The van der Waals surface area contributed by atoms with Gasteiger partial charge >= 0.3 is 0 Å². The minimum atomic E-state index is -0.951. The van der Waals surface area contributed by atoms with Gasteiger partial charge in [0.1, 0.15) is 11.5 Å². The minimum absolute atomic E-state index is 0.158. The van der Waals surface area contributed by atoms with E-state index < -0.39 is 5.60 Å². The van der Waals surface area contributed by atoms with E-state index in [1.165, 1.54) is 0 Å². The number of rotatable bonds is 9. The second-order valence-electron chi connectivity index (χ2n) is 5.83. The Balaban J connectivity index is 2.33. The number of carbonyl (C=O) groups is 2. The number of halogens is 1. The average molecular weight is 326 g/mol. The molecule has 0 saturated carbocycles. The molecule has 0 aliphatic heterocycles. The number of nitrogens with one attached hydrogen (secondary N) is 1. The summed E-state index contributed by atoms with van der Waals surface area (Å²) in [5, 5.41) is 3.49. The molecule has 0 aliphatic carbocycles. The number of amides is 1. The number of benzene rings is 1. The first-order chi connectivity index (χ1) is 10.3. The van der Waals surface area contributed by atoms with Gasteiger partial charge in [0.15, 0.2) is 5.60 Å². The Labute approximate surface area is 137 Å². The van der Waals surface area contributed by atoms with E-state index in [-0.39, 0.29) is 11.7 Å². The predicted molar refractivity (Wildman–Crippen MR) is 88.3 cm³/mol. The number of Topliss-reactive ketones (excluding diaryl/α,β-unsaturated/α-hetero) is 1. The van der Waals surface area contributed by atoms with Crippen LogP contribution >= 0.6 is 11.6 Å². The fourth-order valence-corrected chi connectivity index (χ4v) is 2.06. The highest BCUT2D eigenvalue weighted by Crippen LogP contribution is 2.21. The second kappa shape index (κ2) is 8.79. The molecule has 1 aromatic carbocycles. The maximum Gasteiger partial charge on any atom is 0.263 e. The van der Waals surface area contributed by atoms with Gasteiger partial charge in [0.25, 0.3) is 5.91 Å². The third-order valence-electron chi connectivity index (χ3n) is 3.22. The Morgan fingerprint density at radius 2 is 1.77 bits per heavy atom. The van der Waals surface area contributed by atoms with Crippen LogP contribution in [0.1, 0.15) is 46.5 Å². The van der Waals surface area contributed by atoms with Gasteiger partial charge in [0, 0.05) is 18.0 Å². The summed E-state index contributed by atoms with van der Waals surface area (Å²) < 4.78 is 5.71. The Bertz CT molecular complexity index is 497. The van der Waals surface area contributed by atoms with E-state index in [2.05, 4.69) is 5.32 Å². The molecule has 1 rings (SSSR count). The number of ketones is 1. The van der Waals surface area contributed by atoms with Gasteiger partial charge < -0.3 is 14.8 Å². The maximum atomic E-state index is 12.2. The lowest BCUT2D eigenvalue weighted by atomic mass is 10.1. The number of hydrogen-bond acceptors (Lipinski definition) is 3. The van der Waals surface area contributed by atoms with Crippen LogP contribution in [0.25, 0.3) is 0 Å². The standard InChI is InChI=1S/C17H24ClNO3/c1-13(20)7-5-4-6-12-19-16(21)17(2,3)22-15-10-8-14(18)9-11-15/h8-11H,4-7,12H2,1-3H3,(H,19,21). The van der Waals surface area contributed by atoms with Crippen LogP contribution in [0.5, 0.6) is 5.75 Å². The monoisotopic (exact) mass is 325 g/mol. The van der Waals surface area contributed by atoms with Crippen LogP contribution in [0.3, 0.4) is 0 Å². The molecule has 0 radical (unpaired) electrons. The van der Waals surface area contributed by atoms with Crippen molar-refractivity contribution in [3.05, 3.63) is 29.3 Å². The van der Waals surface area contributed by atoms with E-state index in [0.29, 0.717) is 23.7 Å². The van der Waals surface area contributed by atoms with Gasteiger partial charge in [-0.1, -0.05) is 18.0 Å². The first-order valence-electron chi connectivity index (χ1n) is 7.53. The molecular weight excluding hydrogens is 302 g/mol. The molecule has 0 aliphatic rings. The first kappa shape index (κ1) is 18.5. The highest BCUT2D eigenvalue weighted by atomic mass is 35.5. The number of carbonyl (C=O) groups excluding carboxylic acids is 2. The molecule has 0 saturated heterocycles. The summed E-state index contributed by atoms with van der Waals surface area (Å²) in [6.45, 7) is 5.64. The van der Waals surface area contributed by atoms with Crippen molar-refractivity contribution in [1.82, 2.24) is 5.32 Å². The zero-order valence-electron chi connectivity index (χ0n) is 13.4. The summed E-state index contributed by atoms with van der Waals surface area (Å²) in [5.74, 6) is 0.654. The third kappa shape index (κ3) is 6.94. The summed E-state index contributed by atoms with van der Waals surface area (Å²) >= 11 is 5.82. The fraction of sp³-hybridized carbons (Fsp3) is 0.529. The molecule has 1 amide bonds. The van der Waals surface area contributed by atoms with E-state index in [1.54, 1.807) is 45.0 Å². The quantitative estimate of drug-likeness (QED) is 0.703. The first-order valence-corrected chi connectivity index (χ1v) is 7.91. The molecule has 1 aromatic rings. The van der Waals surface area contributed by atoms with Crippen LogP contribution < -0.4 is 10.1 Å². The van der Waals surface area contributed by atoms with Gasteiger partial charge in [-0.15, -0.1) is 0 Å². The molecule has 0 bridgehead atoms. The zero-order valence-corrected chi connectivity index (χ0v) is 14.2. The molecule has 0 aromatic heterocycles. The second-order valence-corrected chi connectivity index (χ2v) is 6.27. The van der Waals surface area contributed by atoms with Crippen molar-refractivity contribution in [2.24, 2.45) is 0 Å². The molecular formula is C17H24ClNO3. The minimum Gasteiger partial charge on any atom is -0.478 e. The molecule has 0 fully saturated rings. The Kier molecular flexibility index (Phi) is 7.39. The molecule has 122 valence electrons. The van der Waals surface area contributed by atoms with E-state index >= 15 is 0 Å². The van der Waals surface area contributed by atoms with Crippen molar-refractivity contribution >= 4 is 23.3 Å². The summed E-state index contributed by atoms with van der Waals surface area (Å²) in [5.41, 5.74) is -0.951. The molecule has 0 atom stereocenters. The van der Waals surface area contributed by atoms with Gasteiger partial charge in [-0.2, -0.15) is 0 Å². The SMILES string of the molecule is CC(=O)CCCCCNC(=O)C(C)(C)Oc1ccc(Cl)cc1. The largest absolute Gasteiger partial charge is 0.478 e. The van der Waals surface area contributed by atoms with Gasteiger partial charge in [-0.25, -0.2) is 0 Å². The molecule has 1 N–H and O–H groups in total. The van der Waals surface area contributed by atoms with E-state index in [1.807, 2.05) is 0 Å². The smallest absolute Gasteiger partial charge is 0.263 e. The highest BCUT2D eigenvalue weighted by Gasteiger charge is 2.29. The number of unbranched alkanes of at least 4 members (excludes halogenated alkanes) is 2. The van der Waals surface area contributed by atoms with Crippen molar-refractivity contribution in [3.8, 4) is 5.75 Å². The normalized spacial score (nSPS) is 11.1. The average Bonchev–Trinajstić information content (AvgIpc) is 2.44. The Morgan fingerprint density at radius 3 is 2.36 bits per heavy atom. The number of hydrogen-bond donors (Lipinski definition) is 1. The third-order valence-corrected chi connectivity index (χ3v) is 3.48. The predicted octanol–water partition coefficient (Wildman–Crippen LogP) is 3.76. The summed E-state index contributed by atoms with van der Waals surface area (Å²) in [6, 6.07) is 6.91. The van der Waals surface area contributed by atoms with Crippen molar-refractivity contribution < 1.29 is 14.3 Å². The maximum absolute atomic E-state index is 12.2. The lowest BCUT2D eigenvalue weighted by molar-refractivity contribution is -0.134. The summed E-state index contributed by atoms with van der Waals surface area (Å²) in [7, 11) is 0. The van der Waals surface area contributed by atoms with Crippen LogP contribution in [0.15, 0.2) is 24.3 Å². The molecule has 0 spiro atoms. The van der Waals surface area contributed by atoms with E-state index in [9.17, 15) is 9.59 Å². The van der Waals surface area contributed by atoms with E-state index in [4.69, 9.17) is 16.3 Å². The molecule has 22 heavy (non-hydrogen) atoms. The topological polar surface area (TPSA) is 55.4 Å². The van der Waals surface area contributed by atoms with Crippen LogP contribution in [-0.2, 0) is 9.59 Å². The van der Waals surface area contributed by atoms with Crippen molar-refractivity contribution in [2.45, 2.75) is 52.1 Å². The van der Waals surface area contributed by atoms with Gasteiger partial charge in [-0.05, 0) is 57.9 Å².